The second-order valence-corrected chi connectivity index (χ2v) is 6.89. The topological polar surface area (TPSA) is 111 Å². The van der Waals surface area contributed by atoms with E-state index in [4.69, 9.17) is 20.8 Å². The molecule has 156 valence electrons. The minimum Gasteiger partial charge on any atom is -0.504 e. The maximum absolute atomic E-state index is 11.2. The summed E-state index contributed by atoms with van der Waals surface area (Å²) in [5.41, 5.74) is 2.29. The fraction of sp³-hybridized carbons (Fsp3) is 0.0909. The van der Waals surface area contributed by atoms with Crippen molar-refractivity contribution in [3.8, 4) is 23.0 Å². The average molecular weight is 438 g/mol. The smallest absolute Gasteiger partial charge is 0.274 e. The van der Waals surface area contributed by atoms with Gasteiger partial charge in [-0.15, -0.1) is 0 Å². The normalized spacial score (nSPS) is 11.3. The van der Waals surface area contributed by atoms with Crippen LogP contribution in [0.5, 0.6) is 11.5 Å². The minimum atomic E-state index is -0.559. The van der Waals surface area contributed by atoms with Crippen LogP contribution in [0.15, 0.2) is 64.0 Å². The third kappa shape index (κ3) is 4.19. The molecule has 31 heavy (non-hydrogen) atoms. The summed E-state index contributed by atoms with van der Waals surface area (Å²) in [6.07, 6.45) is 1.33. The van der Waals surface area contributed by atoms with Crippen LogP contribution in [0.2, 0.25) is 5.02 Å². The largest absolute Gasteiger partial charge is 0.504 e. The molecule has 0 aliphatic carbocycles. The molecular formula is C22H16ClN3O5. The van der Waals surface area contributed by atoms with E-state index in [1.54, 1.807) is 31.2 Å². The molecule has 0 saturated heterocycles. The van der Waals surface area contributed by atoms with Gasteiger partial charge >= 0.3 is 0 Å². The number of aromatic hydroxyl groups is 1. The van der Waals surface area contributed by atoms with Crippen molar-refractivity contribution >= 4 is 40.3 Å². The first-order valence-electron chi connectivity index (χ1n) is 9.30. The number of nitro groups is 1. The van der Waals surface area contributed by atoms with E-state index in [1.165, 1.54) is 18.3 Å². The van der Waals surface area contributed by atoms with Crippen molar-refractivity contribution in [2.45, 2.75) is 6.92 Å². The zero-order valence-corrected chi connectivity index (χ0v) is 17.0. The minimum absolute atomic E-state index is 0.0227. The highest BCUT2D eigenvalue weighted by molar-refractivity contribution is 6.33. The molecule has 1 N–H and O–H groups in total. The van der Waals surface area contributed by atoms with E-state index >= 15 is 0 Å². The Morgan fingerprint density at radius 3 is 2.81 bits per heavy atom. The van der Waals surface area contributed by atoms with Gasteiger partial charge in [-0.2, -0.15) is 0 Å². The summed E-state index contributed by atoms with van der Waals surface area (Å²) in [4.78, 5) is 19.4. The average Bonchev–Trinajstić information content (AvgIpc) is 3.17. The highest BCUT2D eigenvalue weighted by atomic mass is 35.5. The Bertz CT molecular complexity index is 1320. The summed E-state index contributed by atoms with van der Waals surface area (Å²) in [5.74, 6) is 0.189. The Hall–Kier alpha value is -3.91. The molecule has 0 amide bonds. The van der Waals surface area contributed by atoms with Crippen LogP contribution in [-0.2, 0) is 0 Å². The molecular weight excluding hydrogens is 422 g/mol. The highest BCUT2D eigenvalue weighted by Crippen LogP contribution is 2.35. The molecule has 0 aliphatic heterocycles. The van der Waals surface area contributed by atoms with Crippen LogP contribution in [0.25, 0.3) is 22.6 Å². The molecule has 1 heterocycles. The molecule has 0 spiro atoms. The molecule has 0 fully saturated rings. The van der Waals surface area contributed by atoms with E-state index in [1.807, 2.05) is 18.2 Å². The third-order valence-corrected chi connectivity index (χ3v) is 4.76. The van der Waals surface area contributed by atoms with Gasteiger partial charge in [-0.25, -0.2) is 4.98 Å². The van der Waals surface area contributed by atoms with Crippen LogP contribution < -0.4 is 4.74 Å². The van der Waals surface area contributed by atoms with Crippen molar-refractivity contribution in [1.82, 2.24) is 4.98 Å². The quantitative estimate of drug-likeness (QED) is 0.228. The number of hydrogen-bond donors (Lipinski definition) is 1. The van der Waals surface area contributed by atoms with Gasteiger partial charge in [0.25, 0.3) is 5.69 Å². The molecule has 4 aromatic rings. The van der Waals surface area contributed by atoms with E-state index in [0.29, 0.717) is 33.3 Å². The first-order chi connectivity index (χ1) is 15.0. The van der Waals surface area contributed by atoms with Crippen molar-refractivity contribution in [3.63, 3.8) is 0 Å². The fourth-order valence-corrected chi connectivity index (χ4v) is 3.19. The summed E-state index contributed by atoms with van der Waals surface area (Å²) in [7, 11) is 0. The van der Waals surface area contributed by atoms with Gasteiger partial charge in [-0.05, 0) is 37.3 Å². The number of benzene rings is 3. The Kier molecular flexibility index (Phi) is 5.55. The summed E-state index contributed by atoms with van der Waals surface area (Å²) in [6.45, 7) is 1.97. The number of fused-ring (bicyclic) bond motifs is 1. The number of nitrogens with zero attached hydrogens (tertiary/aromatic N) is 3. The lowest BCUT2D eigenvalue weighted by Crippen LogP contribution is -1.97. The molecule has 0 bridgehead atoms. The number of ether oxygens (including phenoxy) is 1. The van der Waals surface area contributed by atoms with Crippen LogP contribution in [0.3, 0.4) is 0 Å². The lowest BCUT2D eigenvalue weighted by molar-refractivity contribution is -0.385. The van der Waals surface area contributed by atoms with Crippen molar-refractivity contribution in [2.75, 3.05) is 6.61 Å². The number of oxazole rings is 1. The van der Waals surface area contributed by atoms with Gasteiger partial charge in [0.05, 0.1) is 33.9 Å². The van der Waals surface area contributed by atoms with Crippen molar-refractivity contribution in [1.29, 1.82) is 0 Å². The van der Waals surface area contributed by atoms with Crippen LogP contribution in [-0.4, -0.2) is 27.8 Å². The standard InChI is InChI=1S/C22H16ClN3O5/c1-2-30-20-11-15(26(28)29)9-13(21(20)27)12-24-14-7-8-19-18(10-14)25-22(31-19)16-5-3-4-6-17(16)23/h3-12,27H,2H2,1H3. The Morgan fingerprint density at radius 2 is 2.06 bits per heavy atom. The first-order valence-corrected chi connectivity index (χ1v) is 9.68. The lowest BCUT2D eigenvalue weighted by Gasteiger charge is -2.07. The van der Waals surface area contributed by atoms with E-state index in [2.05, 4.69) is 9.98 Å². The van der Waals surface area contributed by atoms with Gasteiger partial charge in [0.15, 0.2) is 17.1 Å². The number of phenolic OH excluding ortho intramolecular Hbond substituents is 1. The van der Waals surface area contributed by atoms with Crippen molar-refractivity contribution < 1.29 is 19.2 Å². The molecule has 0 radical (unpaired) electrons. The van der Waals surface area contributed by atoms with Gasteiger partial charge in [0.1, 0.15) is 5.52 Å². The maximum Gasteiger partial charge on any atom is 0.274 e. The number of phenols is 1. The molecule has 0 saturated carbocycles. The lowest BCUT2D eigenvalue weighted by atomic mass is 10.1. The van der Waals surface area contributed by atoms with E-state index in [9.17, 15) is 15.2 Å². The summed E-state index contributed by atoms with van der Waals surface area (Å²) < 4.78 is 11.1. The van der Waals surface area contributed by atoms with Gasteiger partial charge in [0.2, 0.25) is 5.89 Å². The summed E-state index contributed by atoms with van der Waals surface area (Å²) >= 11 is 6.21. The second kappa shape index (κ2) is 8.45. The molecule has 9 heteroatoms. The monoisotopic (exact) mass is 437 g/mol. The van der Waals surface area contributed by atoms with Crippen LogP contribution in [0, 0.1) is 10.1 Å². The Labute approximate surface area is 181 Å². The summed E-state index contributed by atoms with van der Waals surface area (Å²) in [5, 5.41) is 22.1. The van der Waals surface area contributed by atoms with Crippen LogP contribution in [0.4, 0.5) is 11.4 Å². The third-order valence-electron chi connectivity index (χ3n) is 4.43. The SMILES string of the molecule is CCOc1cc([N+](=O)[O-])cc(C=Nc2ccc3oc(-c4ccccc4Cl)nc3c2)c1O. The van der Waals surface area contributed by atoms with E-state index in [-0.39, 0.29) is 29.4 Å². The first kappa shape index (κ1) is 20.4. The van der Waals surface area contributed by atoms with Crippen molar-refractivity contribution in [3.05, 3.63) is 75.3 Å². The number of nitro benzene ring substituents is 1. The van der Waals surface area contributed by atoms with Crippen LogP contribution >= 0.6 is 11.6 Å². The van der Waals surface area contributed by atoms with Crippen molar-refractivity contribution in [2.24, 2.45) is 4.99 Å². The predicted molar refractivity (Wildman–Crippen MR) is 118 cm³/mol. The van der Waals surface area contributed by atoms with Gasteiger partial charge in [0, 0.05) is 17.8 Å². The predicted octanol–water partition coefficient (Wildman–Crippen LogP) is 5.91. The number of hydrogen-bond acceptors (Lipinski definition) is 7. The zero-order chi connectivity index (χ0) is 22.0. The van der Waals surface area contributed by atoms with E-state index in [0.717, 1.165) is 0 Å². The van der Waals surface area contributed by atoms with Gasteiger partial charge in [-0.1, -0.05) is 23.7 Å². The number of non-ortho nitro benzene ring substituents is 1. The molecule has 0 unspecified atom stereocenters. The number of rotatable bonds is 6. The molecule has 8 nitrogen and oxygen atoms in total. The van der Waals surface area contributed by atoms with Gasteiger partial charge < -0.3 is 14.3 Å². The molecule has 0 aliphatic rings. The van der Waals surface area contributed by atoms with Crippen LogP contribution in [0.1, 0.15) is 12.5 Å². The molecule has 4 rings (SSSR count). The van der Waals surface area contributed by atoms with Gasteiger partial charge in [-0.3, -0.25) is 15.1 Å². The summed E-state index contributed by atoms with van der Waals surface area (Å²) in [6, 6.07) is 14.8. The number of aliphatic imine (C=N–C) groups is 1. The molecule has 1 aromatic heterocycles. The van der Waals surface area contributed by atoms with E-state index < -0.39 is 4.92 Å². The molecule has 3 aromatic carbocycles. The Balaban J connectivity index is 1.69. The maximum atomic E-state index is 11.2. The second-order valence-electron chi connectivity index (χ2n) is 6.48. The molecule has 0 atom stereocenters. The zero-order valence-electron chi connectivity index (χ0n) is 16.3. The number of aromatic nitrogens is 1. The Morgan fingerprint density at radius 1 is 1.26 bits per heavy atom. The fourth-order valence-electron chi connectivity index (χ4n) is 2.97. The highest BCUT2D eigenvalue weighted by Gasteiger charge is 2.16. The number of halogens is 1.